The second kappa shape index (κ2) is 9.11. The zero-order chi connectivity index (χ0) is 23.5. The minimum Gasteiger partial charge on any atom is -0.481 e. The van der Waals surface area contributed by atoms with E-state index in [2.05, 4.69) is 32.6 Å². The highest BCUT2D eigenvalue weighted by Crippen LogP contribution is 2.44. The van der Waals surface area contributed by atoms with Gasteiger partial charge in [-0.1, -0.05) is 55.5 Å². The van der Waals surface area contributed by atoms with Crippen molar-refractivity contribution in [2.45, 2.75) is 12.8 Å². The van der Waals surface area contributed by atoms with Crippen LogP contribution in [0.3, 0.4) is 0 Å². The number of hydrogen-bond donors (Lipinski definition) is 3. The van der Waals surface area contributed by atoms with Gasteiger partial charge in [-0.25, -0.2) is 4.79 Å². The SMILES string of the molecule is CC(CN(C)C(=O)c1nc(NC(=O)OCC2c3ccccc3-c3ccccc32)n[nH]1)C(=O)O. The second-order valence-corrected chi connectivity index (χ2v) is 7.88. The van der Waals surface area contributed by atoms with Crippen LogP contribution in [-0.2, 0) is 9.53 Å². The van der Waals surface area contributed by atoms with Gasteiger partial charge in [-0.15, -0.1) is 5.10 Å². The van der Waals surface area contributed by atoms with Gasteiger partial charge in [0, 0.05) is 19.5 Å². The number of H-pyrrole nitrogens is 1. The summed E-state index contributed by atoms with van der Waals surface area (Å²) in [4.78, 5) is 40.9. The lowest BCUT2D eigenvalue weighted by molar-refractivity contribution is -0.141. The maximum absolute atomic E-state index is 12.4. The molecule has 170 valence electrons. The van der Waals surface area contributed by atoms with Gasteiger partial charge in [0.2, 0.25) is 5.82 Å². The van der Waals surface area contributed by atoms with Crippen molar-refractivity contribution in [1.82, 2.24) is 20.1 Å². The minimum absolute atomic E-state index is 0.00398. The highest BCUT2D eigenvalue weighted by molar-refractivity contribution is 5.91. The van der Waals surface area contributed by atoms with Crippen molar-refractivity contribution in [1.29, 1.82) is 0 Å². The number of amides is 2. The summed E-state index contributed by atoms with van der Waals surface area (Å²) in [5.74, 6) is -2.61. The summed E-state index contributed by atoms with van der Waals surface area (Å²) in [6, 6.07) is 16.0. The molecule has 1 aromatic heterocycles. The number of aromatic amines is 1. The van der Waals surface area contributed by atoms with Crippen LogP contribution in [0, 0.1) is 5.92 Å². The topological polar surface area (TPSA) is 138 Å². The molecule has 2 amide bonds. The molecule has 10 nitrogen and oxygen atoms in total. The first-order chi connectivity index (χ1) is 15.8. The molecule has 1 unspecified atom stereocenters. The summed E-state index contributed by atoms with van der Waals surface area (Å²) in [5.41, 5.74) is 4.44. The molecule has 0 bridgehead atoms. The molecule has 33 heavy (non-hydrogen) atoms. The van der Waals surface area contributed by atoms with Gasteiger partial charge in [0.1, 0.15) is 6.61 Å². The number of carboxylic acids is 1. The molecule has 0 saturated heterocycles. The monoisotopic (exact) mass is 449 g/mol. The van der Waals surface area contributed by atoms with Gasteiger partial charge < -0.3 is 14.7 Å². The average molecular weight is 449 g/mol. The van der Waals surface area contributed by atoms with E-state index in [4.69, 9.17) is 9.84 Å². The molecule has 0 aliphatic heterocycles. The summed E-state index contributed by atoms with van der Waals surface area (Å²) in [6.07, 6.45) is -0.747. The summed E-state index contributed by atoms with van der Waals surface area (Å²) < 4.78 is 5.44. The van der Waals surface area contributed by atoms with Gasteiger partial charge in [0.05, 0.1) is 5.92 Å². The maximum Gasteiger partial charge on any atom is 0.414 e. The molecule has 0 spiro atoms. The molecule has 1 atom stereocenters. The van der Waals surface area contributed by atoms with E-state index in [0.717, 1.165) is 22.3 Å². The standard InChI is InChI=1S/C23H23N5O5/c1-13(21(30)31)11-28(2)20(29)19-24-22(27-26-19)25-23(32)33-12-18-16-9-5-3-7-14(16)15-8-4-6-10-17(15)18/h3-10,13,18H,11-12H2,1-2H3,(H,30,31)(H2,24,25,26,27,32). The summed E-state index contributed by atoms with van der Waals surface area (Å²) in [6.45, 7) is 1.63. The van der Waals surface area contributed by atoms with Gasteiger partial charge in [0.15, 0.2) is 0 Å². The fraction of sp³-hybridized carbons (Fsp3) is 0.261. The smallest absolute Gasteiger partial charge is 0.414 e. The van der Waals surface area contributed by atoms with Crippen LogP contribution in [0.1, 0.15) is 34.6 Å². The van der Waals surface area contributed by atoms with Crippen molar-refractivity contribution in [3.8, 4) is 11.1 Å². The number of nitrogens with zero attached hydrogens (tertiary/aromatic N) is 3. The van der Waals surface area contributed by atoms with Crippen LogP contribution >= 0.6 is 0 Å². The van der Waals surface area contributed by atoms with Crippen LogP contribution in [0.4, 0.5) is 10.7 Å². The Kier molecular flexibility index (Phi) is 6.07. The largest absolute Gasteiger partial charge is 0.481 e. The number of carboxylic acid groups (broad SMARTS) is 1. The van der Waals surface area contributed by atoms with E-state index in [1.165, 1.54) is 18.9 Å². The van der Waals surface area contributed by atoms with Crippen LogP contribution in [0.2, 0.25) is 0 Å². The van der Waals surface area contributed by atoms with Crippen molar-refractivity contribution in [3.63, 3.8) is 0 Å². The normalized spacial score (nSPS) is 13.0. The molecule has 3 N–H and O–H groups in total. The molecular formula is C23H23N5O5. The lowest BCUT2D eigenvalue weighted by Gasteiger charge is -2.17. The van der Waals surface area contributed by atoms with Crippen LogP contribution < -0.4 is 5.32 Å². The molecule has 10 heteroatoms. The van der Waals surface area contributed by atoms with Crippen molar-refractivity contribution >= 4 is 23.9 Å². The summed E-state index contributed by atoms with van der Waals surface area (Å²) >= 11 is 0. The summed E-state index contributed by atoms with van der Waals surface area (Å²) in [7, 11) is 1.46. The van der Waals surface area contributed by atoms with Crippen molar-refractivity contribution < 1.29 is 24.2 Å². The van der Waals surface area contributed by atoms with Crippen molar-refractivity contribution in [2.75, 3.05) is 25.5 Å². The number of fused-ring (bicyclic) bond motifs is 3. The number of benzene rings is 2. The second-order valence-electron chi connectivity index (χ2n) is 7.88. The fourth-order valence-electron chi connectivity index (χ4n) is 3.89. The van der Waals surface area contributed by atoms with Gasteiger partial charge >= 0.3 is 12.1 Å². The molecule has 2 aromatic carbocycles. The molecule has 1 aliphatic rings. The molecule has 0 saturated carbocycles. The van der Waals surface area contributed by atoms with Gasteiger partial charge in [0.25, 0.3) is 11.9 Å². The Labute approximate surface area is 189 Å². The van der Waals surface area contributed by atoms with Crippen LogP contribution in [0.15, 0.2) is 48.5 Å². The Bertz CT molecular complexity index is 1160. The first-order valence-electron chi connectivity index (χ1n) is 10.4. The molecule has 0 fully saturated rings. The third-order valence-electron chi connectivity index (χ3n) is 5.56. The van der Waals surface area contributed by atoms with E-state index in [9.17, 15) is 14.4 Å². The van der Waals surface area contributed by atoms with E-state index < -0.39 is 23.9 Å². The van der Waals surface area contributed by atoms with Gasteiger partial charge in [-0.2, -0.15) is 4.98 Å². The lowest BCUT2D eigenvalue weighted by atomic mass is 9.98. The van der Waals surface area contributed by atoms with E-state index in [-0.39, 0.29) is 30.8 Å². The first-order valence-corrected chi connectivity index (χ1v) is 10.4. The fourth-order valence-corrected chi connectivity index (χ4v) is 3.89. The quantitative estimate of drug-likeness (QED) is 0.504. The Morgan fingerprint density at radius 2 is 1.73 bits per heavy atom. The average Bonchev–Trinajstić information content (AvgIpc) is 3.39. The first kappa shape index (κ1) is 22.0. The van der Waals surface area contributed by atoms with Crippen molar-refractivity contribution in [3.05, 3.63) is 65.5 Å². The number of aliphatic carboxylic acids is 1. The van der Waals surface area contributed by atoms with E-state index in [0.29, 0.717) is 0 Å². The number of hydrogen-bond acceptors (Lipinski definition) is 6. The minimum atomic E-state index is -1.01. The third-order valence-corrected chi connectivity index (χ3v) is 5.56. The van der Waals surface area contributed by atoms with Gasteiger partial charge in [-0.3, -0.25) is 20.0 Å². The number of anilines is 1. The number of rotatable bonds is 7. The Balaban J connectivity index is 1.36. The van der Waals surface area contributed by atoms with Crippen molar-refractivity contribution in [2.24, 2.45) is 5.92 Å². The molecule has 0 radical (unpaired) electrons. The Morgan fingerprint density at radius 3 is 2.33 bits per heavy atom. The molecule has 3 aromatic rings. The zero-order valence-electron chi connectivity index (χ0n) is 18.1. The van der Waals surface area contributed by atoms with E-state index in [1.54, 1.807) is 0 Å². The van der Waals surface area contributed by atoms with E-state index in [1.807, 2.05) is 36.4 Å². The highest BCUT2D eigenvalue weighted by Gasteiger charge is 2.29. The van der Waals surface area contributed by atoms with Crippen LogP contribution in [0.5, 0.6) is 0 Å². The third kappa shape index (κ3) is 4.54. The number of ether oxygens (including phenoxy) is 1. The molecule has 1 heterocycles. The zero-order valence-corrected chi connectivity index (χ0v) is 18.1. The number of nitrogens with one attached hydrogen (secondary N) is 2. The lowest BCUT2D eigenvalue weighted by Crippen LogP contribution is -2.34. The molecular weight excluding hydrogens is 426 g/mol. The Hall–Kier alpha value is -4.21. The molecule has 4 rings (SSSR count). The Morgan fingerprint density at radius 1 is 1.12 bits per heavy atom. The molecule has 1 aliphatic carbocycles. The number of carbonyl (C=O) groups is 3. The maximum atomic E-state index is 12.4. The summed E-state index contributed by atoms with van der Waals surface area (Å²) in [5, 5.41) is 17.7. The van der Waals surface area contributed by atoms with Crippen LogP contribution in [0.25, 0.3) is 11.1 Å². The van der Waals surface area contributed by atoms with E-state index >= 15 is 0 Å². The number of aromatic nitrogens is 3. The predicted molar refractivity (Wildman–Crippen MR) is 119 cm³/mol. The van der Waals surface area contributed by atoms with Gasteiger partial charge in [-0.05, 0) is 22.3 Å². The number of carbonyl (C=O) groups excluding carboxylic acids is 2. The predicted octanol–water partition coefficient (Wildman–Crippen LogP) is 2.96. The highest BCUT2D eigenvalue weighted by atomic mass is 16.5. The van der Waals surface area contributed by atoms with Crippen LogP contribution in [-0.4, -0.2) is 63.4 Å².